The molecule has 66 valence electrons. The molecule has 0 fully saturated rings. The summed E-state index contributed by atoms with van der Waals surface area (Å²) in [5.41, 5.74) is 12.5. The predicted octanol–water partition coefficient (Wildman–Crippen LogP) is 0.908. The van der Waals surface area contributed by atoms with Gasteiger partial charge in [0.25, 0.3) is 0 Å². The summed E-state index contributed by atoms with van der Waals surface area (Å²) in [4.78, 5) is 0. The average molecular weight is 169 g/mol. The molecule has 0 aliphatic heterocycles. The summed E-state index contributed by atoms with van der Waals surface area (Å²) < 4.78 is 13.0. The van der Waals surface area contributed by atoms with Crippen LogP contribution in [0.2, 0.25) is 0 Å². The van der Waals surface area contributed by atoms with Crippen molar-refractivity contribution in [3.63, 3.8) is 0 Å². The Hall–Kier alpha value is -1.29. The fraction of sp³-hybridized carbons (Fsp3) is 0.250. The van der Waals surface area contributed by atoms with E-state index in [9.17, 15) is 4.39 Å². The van der Waals surface area contributed by atoms with E-state index in [1.807, 2.05) is 0 Å². The molecule has 4 heteroatoms. The van der Waals surface area contributed by atoms with Gasteiger partial charge in [0.05, 0.1) is 5.69 Å². The second kappa shape index (κ2) is 3.40. The Balaban J connectivity index is 3.18. The van der Waals surface area contributed by atoms with Gasteiger partial charge in [-0.1, -0.05) is 0 Å². The fourth-order valence-electron chi connectivity index (χ4n) is 1.00. The topological polar surface area (TPSA) is 64.1 Å². The maximum atomic E-state index is 13.0. The average Bonchev–Trinajstić information content (AvgIpc) is 2.05. The third-order valence-corrected chi connectivity index (χ3v) is 1.72. The van der Waals surface area contributed by atoms with Crippen LogP contribution in [0.4, 0.5) is 15.8 Å². The first-order valence-corrected chi connectivity index (χ1v) is 3.64. The van der Waals surface area contributed by atoms with Crippen LogP contribution in [0.5, 0.6) is 0 Å². The van der Waals surface area contributed by atoms with E-state index in [1.54, 1.807) is 13.1 Å². The molecule has 1 aromatic rings. The molecule has 5 N–H and O–H groups in total. The van der Waals surface area contributed by atoms with Crippen molar-refractivity contribution in [2.45, 2.75) is 6.54 Å². The minimum absolute atomic E-state index is 0.320. The highest BCUT2D eigenvalue weighted by molar-refractivity contribution is 5.58. The van der Waals surface area contributed by atoms with Crippen molar-refractivity contribution >= 4 is 11.4 Å². The van der Waals surface area contributed by atoms with Crippen LogP contribution in [0.15, 0.2) is 12.1 Å². The molecule has 0 saturated carbocycles. The summed E-state index contributed by atoms with van der Waals surface area (Å²) in [6.45, 7) is 0.320. The van der Waals surface area contributed by atoms with Crippen LogP contribution >= 0.6 is 0 Å². The van der Waals surface area contributed by atoms with Crippen molar-refractivity contribution in [3.8, 4) is 0 Å². The van der Waals surface area contributed by atoms with Gasteiger partial charge in [0, 0.05) is 19.3 Å². The molecule has 1 aromatic carbocycles. The van der Waals surface area contributed by atoms with E-state index in [-0.39, 0.29) is 5.82 Å². The van der Waals surface area contributed by atoms with Crippen molar-refractivity contribution in [1.29, 1.82) is 0 Å². The Morgan fingerprint density at radius 2 is 2.17 bits per heavy atom. The van der Waals surface area contributed by atoms with Gasteiger partial charge < -0.3 is 16.8 Å². The molecule has 1 rings (SSSR count). The van der Waals surface area contributed by atoms with Gasteiger partial charge in [-0.25, -0.2) is 4.39 Å². The summed E-state index contributed by atoms with van der Waals surface area (Å²) in [6.07, 6.45) is 0. The number of hydrogen-bond acceptors (Lipinski definition) is 3. The zero-order valence-electron chi connectivity index (χ0n) is 6.89. The lowest BCUT2D eigenvalue weighted by molar-refractivity contribution is 0.631. The molecule has 12 heavy (non-hydrogen) atoms. The van der Waals surface area contributed by atoms with E-state index in [0.29, 0.717) is 17.9 Å². The van der Waals surface area contributed by atoms with Crippen LogP contribution in [0.1, 0.15) is 5.56 Å². The zero-order valence-corrected chi connectivity index (χ0v) is 6.89. The Morgan fingerprint density at radius 1 is 1.50 bits per heavy atom. The van der Waals surface area contributed by atoms with Crippen molar-refractivity contribution in [2.24, 2.45) is 5.73 Å². The number of halogens is 1. The molecule has 0 aromatic heterocycles. The summed E-state index contributed by atoms with van der Waals surface area (Å²) in [5.74, 6) is -0.354. The maximum absolute atomic E-state index is 13.0. The van der Waals surface area contributed by atoms with Gasteiger partial charge in [0.15, 0.2) is 0 Å². The predicted molar refractivity (Wildman–Crippen MR) is 48.3 cm³/mol. The highest BCUT2D eigenvalue weighted by atomic mass is 19.1. The second-order valence-electron chi connectivity index (χ2n) is 2.48. The number of hydrogen-bond donors (Lipinski definition) is 3. The Labute approximate surface area is 70.6 Å². The SMILES string of the molecule is CNc1cc(CN)c(N)cc1F. The van der Waals surface area contributed by atoms with Gasteiger partial charge in [-0.05, 0) is 17.7 Å². The molecule has 0 saturated heterocycles. The van der Waals surface area contributed by atoms with Crippen LogP contribution in [-0.2, 0) is 6.54 Å². The lowest BCUT2D eigenvalue weighted by atomic mass is 10.1. The van der Waals surface area contributed by atoms with E-state index in [0.717, 1.165) is 5.56 Å². The molecule has 0 heterocycles. The first kappa shape index (κ1) is 8.80. The molecular weight excluding hydrogens is 157 g/mol. The molecule has 0 radical (unpaired) electrons. The summed E-state index contributed by atoms with van der Waals surface area (Å²) in [7, 11) is 1.65. The molecule has 3 nitrogen and oxygen atoms in total. The zero-order chi connectivity index (χ0) is 9.14. The summed E-state index contributed by atoms with van der Waals surface area (Å²) in [6, 6.07) is 2.89. The van der Waals surface area contributed by atoms with Crippen LogP contribution in [0, 0.1) is 5.82 Å². The number of nitrogens with one attached hydrogen (secondary N) is 1. The first-order chi connectivity index (χ1) is 5.69. The van der Waals surface area contributed by atoms with Gasteiger partial charge in [-0.2, -0.15) is 0 Å². The van der Waals surface area contributed by atoms with Crippen LogP contribution in [-0.4, -0.2) is 7.05 Å². The minimum atomic E-state index is -0.354. The number of anilines is 2. The standard InChI is InChI=1S/C8H12FN3/c1-12-8-2-5(4-10)7(11)3-6(8)9/h2-3,12H,4,10-11H2,1H3. The van der Waals surface area contributed by atoms with E-state index in [1.165, 1.54) is 6.07 Å². The van der Waals surface area contributed by atoms with Crippen molar-refractivity contribution in [3.05, 3.63) is 23.5 Å². The molecule has 0 amide bonds. The highest BCUT2D eigenvalue weighted by Gasteiger charge is 2.04. The Kier molecular flexibility index (Phi) is 2.50. The number of benzene rings is 1. The van der Waals surface area contributed by atoms with Crippen LogP contribution in [0.3, 0.4) is 0 Å². The fourth-order valence-corrected chi connectivity index (χ4v) is 1.00. The quantitative estimate of drug-likeness (QED) is 0.576. The Bertz CT molecular complexity index is 261. The largest absolute Gasteiger partial charge is 0.398 e. The van der Waals surface area contributed by atoms with Gasteiger partial charge in [-0.15, -0.1) is 0 Å². The van der Waals surface area contributed by atoms with Gasteiger partial charge in [0.1, 0.15) is 5.82 Å². The normalized spacial score (nSPS) is 9.92. The van der Waals surface area contributed by atoms with E-state index >= 15 is 0 Å². The summed E-state index contributed by atoms with van der Waals surface area (Å²) in [5, 5.41) is 2.71. The number of rotatable bonds is 2. The van der Waals surface area contributed by atoms with Gasteiger partial charge >= 0.3 is 0 Å². The molecule has 0 aliphatic rings. The summed E-state index contributed by atoms with van der Waals surface area (Å²) >= 11 is 0. The van der Waals surface area contributed by atoms with Gasteiger partial charge in [0.2, 0.25) is 0 Å². The monoisotopic (exact) mass is 169 g/mol. The van der Waals surface area contributed by atoms with E-state index in [4.69, 9.17) is 11.5 Å². The van der Waals surface area contributed by atoms with Crippen LogP contribution < -0.4 is 16.8 Å². The second-order valence-corrected chi connectivity index (χ2v) is 2.48. The third-order valence-electron chi connectivity index (χ3n) is 1.72. The molecule has 0 unspecified atom stereocenters. The first-order valence-electron chi connectivity index (χ1n) is 3.64. The van der Waals surface area contributed by atoms with Crippen molar-refractivity contribution in [2.75, 3.05) is 18.1 Å². The number of nitrogen functional groups attached to an aromatic ring is 1. The van der Waals surface area contributed by atoms with Crippen molar-refractivity contribution in [1.82, 2.24) is 0 Å². The lowest BCUT2D eigenvalue weighted by Gasteiger charge is -2.07. The highest BCUT2D eigenvalue weighted by Crippen LogP contribution is 2.20. The van der Waals surface area contributed by atoms with Gasteiger partial charge in [-0.3, -0.25) is 0 Å². The molecule has 0 atom stereocenters. The number of nitrogens with two attached hydrogens (primary N) is 2. The maximum Gasteiger partial charge on any atom is 0.148 e. The van der Waals surface area contributed by atoms with Crippen LogP contribution in [0.25, 0.3) is 0 Å². The molecule has 0 aliphatic carbocycles. The lowest BCUT2D eigenvalue weighted by Crippen LogP contribution is -2.04. The molecular formula is C8H12FN3. The third kappa shape index (κ3) is 1.48. The van der Waals surface area contributed by atoms with E-state index in [2.05, 4.69) is 5.32 Å². The Morgan fingerprint density at radius 3 is 2.67 bits per heavy atom. The van der Waals surface area contributed by atoms with E-state index < -0.39 is 0 Å². The molecule has 0 spiro atoms. The minimum Gasteiger partial charge on any atom is -0.398 e. The smallest absolute Gasteiger partial charge is 0.148 e. The molecule has 0 bridgehead atoms. The van der Waals surface area contributed by atoms with Crippen molar-refractivity contribution < 1.29 is 4.39 Å².